The van der Waals surface area contributed by atoms with E-state index in [9.17, 15) is 14.9 Å². The van der Waals surface area contributed by atoms with Crippen molar-refractivity contribution in [3.8, 4) is 5.75 Å². The van der Waals surface area contributed by atoms with Crippen LogP contribution in [0.3, 0.4) is 0 Å². The maximum atomic E-state index is 10.6. The first-order valence-electron chi connectivity index (χ1n) is 4.87. The first-order chi connectivity index (χ1) is 8.04. The summed E-state index contributed by atoms with van der Waals surface area (Å²) in [7, 11) is 0. The van der Waals surface area contributed by atoms with Gasteiger partial charge in [0.05, 0.1) is 17.6 Å². The number of rotatable bonds is 5. The van der Waals surface area contributed by atoms with Crippen molar-refractivity contribution >= 4 is 17.7 Å². The summed E-state index contributed by atoms with van der Waals surface area (Å²) in [4.78, 5) is 20.4. The highest BCUT2D eigenvalue weighted by Gasteiger charge is 2.10. The van der Waals surface area contributed by atoms with Crippen LogP contribution in [0.5, 0.6) is 5.75 Å². The molecular weight excluding hydrogens is 226 g/mol. The summed E-state index contributed by atoms with van der Waals surface area (Å²) >= 11 is 0. The number of nitrogens with zero attached hydrogens (tertiary/aromatic N) is 1. The zero-order chi connectivity index (χ0) is 12.8. The first kappa shape index (κ1) is 12.7. The highest BCUT2D eigenvalue weighted by atomic mass is 16.6. The largest absolute Gasteiger partial charge is 0.493 e. The molecule has 0 aromatic heterocycles. The Kier molecular flexibility index (Phi) is 4.21. The van der Waals surface area contributed by atoms with Crippen molar-refractivity contribution in [1.29, 1.82) is 0 Å². The van der Waals surface area contributed by atoms with E-state index in [0.29, 0.717) is 17.9 Å². The highest BCUT2D eigenvalue weighted by molar-refractivity contribution is 5.86. The van der Waals surface area contributed by atoms with Crippen molar-refractivity contribution in [2.75, 3.05) is 6.61 Å². The number of carboxylic acids is 1. The van der Waals surface area contributed by atoms with Gasteiger partial charge in [-0.2, -0.15) is 0 Å². The molecule has 0 atom stereocenters. The van der Waals surface area contributed by atoms with E-state index in [1.807, 2.05) is 0 Å². The number of carboxylic acid groups (broad SMARTS) is 1. The number of nitro groups is 1. The van der Waals surface area contributed by atoms with Gasteiger partial charge < -0.3 is 9.84 Å². The van der Waals surface area contributed by atoms with Gasteiger partial charge >= 0.3 is 5.97 Å². The van der Waals surface area contributed by atoms with Gasteiger partial charge in [0.2, 0.25) is 0 Å². The lowest BCUT2D eigenvalue weighted by molar-refractivity contribution is -0.384. The first-order valence-corrected chi connectivity index (χ1v) is 4.87. The van der Waals surface area contributed by atoms with E-state index in [0.717, 1.165) is 6.08 Å². The SMILES string of the molecule is CCOc1cc([N+](=O)[O-])ccc1C=CC(=O)O. The molecule has 0 fully saturated rings. The topological polar surface area (TPSA) is 89.7 Å². The molecule has 0 heterocycles. The van der Waals surface area contributed by atoms with E-state index in [1.54, 1.807) is 6.92 Å². The van der Waals surface area contributed by atoms with Crippen LogP contribution < -0.4 is 4.74 Å². The zero-order valence-electron chi connectivity index (χ0n) is 9.12. The van der Waals surface area contributed by atoms with Gasteiger partial charge in [-0.1, -0.05) is 0 Å². The summed E-state index contributed by atoms with van der Waals surface area (Å²) in [5.41, 5.74) is 0.390. The van der Waals surface area contributed by atoms with Crippen LogP contribution in [-0.4, -0.2) is 22.6 Å². The molecule has 6 nitrogen and oxygen atoms in total. The molecule has 0 aliphatic heterocycles. The van der Waals surface area contributed by atoms with Crippen LogP contribution in [0.15, 0.2) is 24.3 Å². The van der Waals surface area contributed by atoms with Gasteiger partial charge in [-0.3, -0.25) is 10.1 Å². The fraction of sp³-hybridized carbons (Fsp3) is 0.182. The summed E-state index contributed by atoms with van der Waals surface area (Å²) in [6, 6.07) is 4.01. The van der Waals surface area contributed by atoms with Crippen molar-refractivity contribution in [2.45, 2.75) is 6.92 Å². The molecule has 6 heteroatoms. The van der Waals surface area contributed by atoms with E-state index in [-0.39, 0.29) is 5.69 Å². The van der Waals surface area contributed by atoms with Crippen molar-refractivity contribution < 1.29 is 19.6 Å². The Labute approximate surface area is 97.3 Å². The number of ether oxygens (including phenoxy) is 1. The van der Waals surface area contributed by atoms with Crippen molar-refractivity contribution in [2.24, 2.45) is 0 Å². The molecule has 17 heavy (non-hydrogen) atoms. The van der Waals surface area contributed by atoms with E-state index < -0.39 is 10.9 Å². The van der Waals surface area contributed by atoms with E-state index in [2.05, 4.69) is 0 Å². The second-order valence-corrected chi connectivity index (χ2v) is 3.08. The number of benzene rings is 1. The molecule has 1 aromatic rings. The van der Waals surface area contributed by atoms with E-state index in [4.69, 9.17) is 9.84 Å². The molecule has 0 aliphatic rings. The van der Waals surface area contributed by atoms with Crippen molar-refractivity contribution in [3.63, 3.8) is 0 Å². The van der Waals surface area contributed by atoms with Gasteiger partial charge in [0, 0.05) is 17.7 Å². The van der Waals surface area contributed by atoms with Crippen LogP contribution in [0.25, 0.3) is 6.08 Å². The highest BCUT2D eigenvalue weighted by Crippen LogP contribution is 2.25. The van der Waals surface area contributed by atoms with E-state index in [1.165, 1.54) is 24.3 Å². The molecule has 0 bridgehead atoms. The molecule has 0 aliphatic carbocycles. The average Bonchev–Trinajstić information content (AvgIpc) is 2.27. The Balaban J connectivity index is 3.12. The number of hydrogen-bond donors (Lipinski definition) is 1. The minimum Gasteiger partial charge on any atom is -0.493 e. The Morgan fingerprint density at radius 2 is 2.29 bits per heavy atom. The van der Waals surface area contributed by atoms with Crippen LogP contribution in [0, 0.1) is 10.1 Å². The molecular formula is C11H11NO5. The maximum Gasteiger partial charge on any atom is 0.328 e. The average molecular weight is 237 g/mol. The monoisotopic (exact) mass is 237 g/mol. The molecule has 90 valence electrons. The lowest BCUT2D eigenvalue weighted by atomic mass is 10.1. The molecule has 0 saturated heterocycles. The predicted molar refractivity (Wildman–Crippen MR) is 60.9 cm³/mol. The Morgan fingerprint density at radius 3 is 2.82 bits per heavy atom. The van der Waals surface area contributed by atoms with Gasteiger partial charge in [-0.15, -0.1) is 0 Å². The third-order valence-electron chi connectivity index (χ3n) is 1.91. The van der Waals surface area contributed by atoms with Crippen LogP contribution in [0.2, 0.25) is 0 Å². The Morgan fingerprint density at radius 1 is 1.59 bits per heavy atom. The summed E-state index contributed by atoms with van der Waals surface area (Å²) in [5, 5.41) is 19.1. The number of carbonyl (C=O) groups is 1. The van der Waals surface area contributed by atoms with Crippen molar-refractivity contribution in [1.82, 2.24) is 0 Å². The Bertz CT molecular complexity index is 467. The van der Waals surface area contributed by atoms with Gasteiger partial charge in [0.1, 0.15) is 5.75 Å². The third-order valence-corrected chi connectivity index (χ3v) is 1.91. The fourth-order valence-corrected chi connectivity index (χ4v) is 1.22. The summed E-state index contributed by atoms with van der Waals surface area (Å²) < 4.78 is 5.21. The van der Waals surface area contributed by atoms with Crippen molar-refractivity contribution in [3.05, 3.63) is 40.0 Å². The Hall–Kier alpha value is -2.37. The standard InChI is InChI=1S/C11H11NO5/c1-2-17-10-7-9(12(15)16)5-3-8(10)4-6-11(13)14/h3-7H,2H2,1H3,(H,13,14). The summed E-state index contributed by atoms with van der Waals surface area (Å²) in [6.45, 7) is 2.08. The minimum absolute atomic E-state index is 0.0964. The van der Waals surface area contributed by atoms with Gasteiger partial charge in [-0.05, 0) is 19.1 Å². The molecule has 1 aromatic carbocycles. The minimum atomic E-state index is -1.09. The summed E-state index contributed by atoms with van der Waals surface area (Å²) in [5.74, 6) is -0.801. The second-order valence-electron chi connectivity index (χ2n) is 3.08. The van der Waals surface area contributed by atoms with E-state index >= 15 is 0 Å². The quantitative estimate of drug-likeness (QED) is 0.481. The van der Waals surface area contributed by atoms with Crippen LogP contribution in [0.1, 0.15) is 12.5 Å². The third kappa shape index (κ3) is 3.60. The normalized spacial score (nSPS) is 10.4. The van der Waals surface area contributed by atoms with Gasteiger partial charge in [0.25, 0.3) is 5.69 Å². The van der Waals surface area contributed by atoms with Gasteiger partial charge in [-0.25, -0.2) is 4.79 Å². The lowest BCUT2D eigenvalue weighted by Gasteiger charge is -2.06. The number of non-ortho nitro benzene ring substituents is 1. The van der Waals surface area contributed by atoms with Crippen LogP contribution in [0.4, 0.5) is 5.69 Å². The fourth-order valence-electron chi connectivity index (χ4n) is 1.22. The molecule has 0 spiro atoms. The smallest absolute Gasteiger partial charge is 0.328 e. The molecule has 0 saturated carbocycles. The lowest BCUT2D eigenvalue weighted by Crippen LogP contribution is -1.96. The zero-order valence-corrected chi connectivity index (χ0v) is 9.12. The number of aliphatic carboxylic acids is 1. The predicted octanol–water partition coefficient (Wildman–Crippen LogP) is 2.09. The molecule has 1 N–H and O–H groups in total. The molecule has 0 radical (unpaired) electrons. The second kappa shape index (κ2) is 5.64. The summed E-state index contributed by atoms with van der Waals surface area (Å²) in [6.07, 6.45) is 2.28. The molecule has 0 amide bonds. The van der Waals surface area contributed by atoms with Gasteiger partial charge in [0.15, 0.2) is 0 Å². The number of nitro benzene ring substituents is 1. The van der Waals surface area contributed by atoms with Crippen LogP contribution in [-0.2, 0) is 4.79 Å². The maximum absolute atomic E-state index is 10.6. The van der Waals surface area contributed by atoms with Crippen LogP contribution >= 0.6 is 0 Å². The number of hydrogen-bond acceptors (Lipinski definition) is 4. The molecule has 1 rings (SSSR count). The molecule has 0 unspecified atom stereocenters.